The number of nitrogens with zero attached hydrogens (tertiary/aromatic N) is 3. The van der Waals surface area contributed by atoms with Gasteiger partial charge in [-0.25, -0.2) is 4.57 Å². The van der Waals surface area contributed by atoms with Crippen LogP contribution < -0.4 is 9.47 Å². The van der Waals surface area contributed by atoms with Gasteiger partial charge in [0.25, 0.3) is 0 Å². The summed E-state index contributed by atoms with van der Waals surface area (Å²) in [4.78, 5) is 8.26. The first kappa shape index (κ1) is 17.8. The van der Waals surface area contributed by atoms with Crippen molar-refractivity contribution in [2.24, 2.45) is 7.05 Å². The molecule has 1 aliphatic rings. The number of aromatic nitrogens is 2. The van der Waals surface area contributed by atoms with Gasteiger partial charge in [0, 0.05) is 23.9 Å². The molecule has 3 nitrogen and oxygen atoms in total. The van der Waals surface area contributed by atoms with Crippen LogP contribution in [0.15, 0.2) is 64.8 Å². The summed E-state index contributed by atoms with van der Waals surface area (Å²) in [6, 6.07) is 15.3. The third kappa shape index (κ3) is 3.76. The van der Waals surface area contributed by atoms with E-state index in [1.807, 2.05) is 6.20 Å². The van der Waals surface area contributed by atoms with Gasteiger partial charge in [0.1, 0.15) is 6.20 Å². The lowest BCUT2D eigenvalue weighted by molar-refractivity contribution is -0.676. The van der Waals surface area contributed by atoms with Crippen molar-refractivity contribution in [1.82, 2.24) is 4.98 Å². The largest absolute Gasteiger partial charge is 0.338 e. The number of hydrogen-bond acceptors (Lipinski definition) is 3. The van der Waals surface area contributed by atoms with Gasteiger partial charge >= 0.3 is 5.82 Å². The molecule has 0 spiro atoms. The lowest BCUT2D eigenvalue weighted by atomic mass is 10.1. The van der Waals surface area contributed by atoms with E-state index in [1.165, 1.54) is 37.9 Å². The second-order valence-electron chi connectivity index (χ2n) is 7.21. The molecule has 0 saturated heterocycles. The first-order valence-electron chi connectivity index (χ1n) is 9.13. The van der Waals surface area contributed by atoms with Crippen molar-refractivity contribution in [3.05, 3.63) is 88.0 Å². The molecule has 0 amide bonds. The number of fused-ring (bicyclic) bond motifs is 1. The highest BCUT2D eigenvalue weighted by Gasteiger charge is 2.23. The SMILES string of the molecule is Cc1ccc(Cc2cnc(C=C3Sc4cc(C)ccc4N3C)[n+](C)c2)cc1. The Balaban J connectivity index is 1.56. The average molecular weight is 375 g/mol. The Morgan fingerprint density at radius 3 is 2.52 bits per heavy atom. The van der Waals surface area contributed by atoms with E-state index < -0.39 is 0 Å². The van der Waals surface area contributed by atoms with Crippen molar-refractivity contribution in [2.45, 2.75) is 25.2 Å². The predicted octanol–water partition coefficient (Wildman–Crippen LogP) is 4.65. The van der Waals surface area contributed by atoms with E-state index in [0.717, 1.165) is 12.2 Å². The Morgan fingerprint density at radius 2 is 1.78 bits per heavy atom. The lowest BCUT2D eigenvalue weighted by Gasteiger charge is -2.12. The Morgan fingerprint density at radius 1 is 1.04 bits per heavy atom. The van der Waals surface area contributed by atoms with Crippen LogP contribution in [0.5, 0.6) is 0 Å². The standard InChI is InChI=1S/C23H24N3S/c1-16-5-8-18(9-6-16)12-19-14-24-22(25(3)15-19)13-23-26(4)20-10-7-17(2)11-21(20)27-23/h5-11,13-15H,12H2,1-4H3/q+1. The Hall–Kier alpha value is -2.59. The molecule has 4 heteroatoms. The maximum atomic E-state index is 4.72. The van der Waals surface area contributed by atoms with E-state index in [2.05, 4.69) is 92.1 Å². The van der Waals surface area contributed by atoms with Gasteiger partial charge in [0.15, 0.2) is 0 Å². The number of aryl methyl sites for hydroxylation is 3. The summed E-state index contributed by atoms with van der Waals surface area (Å²) in [6.07, 6.45) is 7.23. The van der Waals surface area contributed by atoms with Crippen molar-refractivity contribution in [1.29, 1.82) is 0 Å². The summed E-state index contributed by atoms with van der Waals surface area (Å²) < 4.78 is 2.11. The number of thioether (sulfide) groups is 1. The van der Waals surface area contributed by atoms with Crippen LogP contribution in [0.2, 0.25) is 0 Å². The molecule has 0 atom stereocenters. The molecule has 0 bridgehead atoms. The summed E-state index contributed by atoms with van der Waals surface area (Å²) >= 11 is 1.80. The van der Waals surface area contributed by atoms with Crippen molar-refractivity contribution in [2.75, 3.05) is 11.9 Å². The van der Waals surface area contributed by atoms with Gasteiger partial charge in [-0.05, 0) is 42.1 Å². The minimum atomic E-state index is 0.900. The fourth-order valence-corrected chi connectivity index (χ4v) is 4.46. The third-order valence-electron chi connectivity index (χ3n) is 4.89. The van der Waals surface area contributed by atoms with E-state index in [0.29, 0.717) is 0 Å². The lowest BCUT2D eigenvalue weighted by Crippen LogP contribution is -2.33. The highest BCUT2D eigenvalue weighted by Crippen LogP contribution is 2.45. The van der Waals surface area contributed by atoms with Crippen LogP contribution >= 0.6 is 11.8 Å². The van der Waals surface area contributed by atoms with Crippen molar-refractivity contribution >= 4 is 23.5 Å². The maximum Gasteiger partial charge on any atom is 0.325 e. The van der Waals surface area contributed by atoms with Crippen LogP contribution in [0.1, 0.15) is 28.1 Å². The molecule has 2 aromatic carbocycles. The third-order valence-corrected chi connectivity index (χ3v) is 6.03. The van der Waals surface area contributed by atoms with Crippen molar-refractivity contribution in [3.8, 4) is 0 Å². The number of hydrogen-bond donors (Lipinski definition) is 0. The highest BCUT2D eigenvalue weighted by atomic mass is 32.2. The van der Waals surface area contributed by atoms with Gasteiger partial charge in [-0.3, -0.25) is 0 Å². The van der Waals surface area contributed by atoms with Gasteiger partial charge < -0.3 is 4.90 Å². The van der Waals surface area contributed by atoms with E-state index in [1.54, 1.807) is 11.8 Å². The normalized spacial score (nSPS) is 14.7. The fraction of sp³-hybridized carbons (Fsp3) is 0.217. The molecule has 0 saturated carbocycles. The quantitative estimate of drug-likeness (QED) is 0.622. The molecule has 0 fully saturated rings. The topological polar surface area (TPSA) is 20.0 Å². The summed E-state index contributed by atoms with van der Waals surface area (Å²) in [7, 11) is 4.18. The number of rotatable bonds is 3. The molecule has 136 valence electrons. The fourth-order valence-electron chi connectivity index (χ4n) is 3.28. The van der Waals surface area contributed by atoms with Crippen molar-refractivity contribution < 1.29 is 4.57 Å². The molecule has 0 radical (unpaired) electrons. The number of anilines is 1. The monoisotopic (exact) mass is 374 g/mol. The van der Waals surface area contributed by atoms with Crippen LogP contribution in [-0.2, 0) is 13.5 Å². The summed E-state index contributed by atoms with van der Waals surface area (Å²) in [5, 5.41) is 1.20. The molecule has 3 aromatic rings. The molecule has 1 aromatic heterocycles. The zero-order valence-electron chi connectivity index (χ0n) is 16.2. The second kappa shape index (κ2) is 7.20. The molecular weight excluding hydrogens is 350 g/mol. The average Bonchev–Trinajstić information content (AvgIpc) is 2.94. The minimum absolute atomic E-state index is 0.900. The van der Waals surface area contributed by atoms with E-state index in [9.17, 15) is 0 Å². The molecule has 0 unspecified atom stereocenters. The first-order chi connectivity index (χ1) is 13.0. The molecule has 4 rings (SSSR count). The van der Waals surface area contributed by atoms with Crippen LogP contribution in [-0.4, -0.2) is 12.0 Å². The van der Waals surface area contributed by atoms with Crippen LogP contribution in [0, 0.1) is 13.8 Å². The summed E-state index contributed by atoms with van der Waals surface area (Å²) in [5.41, 5.74) is 6.37. The van der Waals surface area contributed by atoms with Gasteiger partial charge in [-0.15, -0.1) is 0 Å². The first-order valence-corrected chi connectivity index (χ1v) is 9.95. The molecular formula is C23H24N3S+. The Kier molecular flexibility index (Phi) is 4.75. The van der Waals surface area contributed by atoms with Crippen LogP contribution in [0.4, 0.5) is 5.69 Å². The van der Waals surface area contributed by atoms with Crippen LogP contribution in [0.3, 0.4) is 0 Å². The minimum Gasteiger partial charge on any atom is -0.338 e. The van der Waals surface area contributed by atoms with Crippen molar-refractivity contribution in [3.63, 3.8) is 0 Å². The zero-order chi connectivity index (χ0) is 19.0. The van der Waals surface area contributed by atoms with Crippen LogP contribution in [0.25, 0.3) is 6.08 Å². The zero-order valence-corrected chi connectivity index (χ0v) is 17.0. The van der Waals surface area contributed by atoms with Gasteiger partial charge in [0.2, 0.25) is 0 Å². The molecule has 27 heavy (non-hydrogen) atoms. The predicted molar refractivity (Wildman–Crippen MR) is 113 cm³/mol. The second-order valence-corrected chi connectivity index (χ2v) is 8.27. The van der Waals surface area contributed by atoms with E-state index in [4.69, 9.17) is 4.98 Å². The molecule has 1 aliphatic heterocycles. The summed E-state index contributed by atoms with van der Waals surface area (Å²) in [6.45, 7) is 4.25. The van der Waals surface area contributed by atoms with E-state index >= 15 is 0 Å². The molecule has 2 heterocycles. The van der Waals surface area contributed by atoms with Gasteiger partial charge in [0.05, 0.1) is 30.0 Å². The number of benzene rings is 2. The highest BCUT2D eigenvalue weighted by molar-refractivity contribution is 8.03. The Bertz CT molecular complexity index is 1020. The summed E-state index contributed by atoms with van der Waals surface area (Å²) in [5.74, 6) is 0.960. The molecule has 0 N–H and O–H groups in total. The smallest absolute Gasteiger partial charge is 0.325 e. The maximum absolute atomic E-state index is 4.72. The van der Waals surface area contributed by atoms with Gasteiger partial charge in [-0.1, -0.05) is 47.7 Å². The molecule has 0 aliphatic carbocycles. The Labute approximate surface area is 165 Å². The van der Waals surface area contributed by atoms with Gasteiger partial charge in [-0.2, -0.15) is 0 Å². The van der Waals surface area contributed by atoms with E-state index in [-0.39, 0.29) is 0 Å².